The van der Waals surface area contributed by atoms with Crippen molar-refractivity contribution < 1.29 is 9.72 Å². The Kier molecular flexibility index (Phi) is 2.86. The highest BCUT2D eigenvalue weighted by molar-refractivity contribution is 9.10. The summed E-state index contributed by atoms with van der Waals surface area (Å²) in [6.07, 6.45) is 3.94. The fourth-order valence-electron chi connectivity index (χ4n) is 4.58. The molecule has 1 aromatic rings. The van der Waals surface area contributed by atoms with Gasteiger partial charge in [-0.3, -0.25) is 14.9 Å². The second-order valence-corrected chi connectivity index (χ2v) is 7.18. The van der Waals surface area contributed by atoms with Crippen molar-refractivity contribution in [2.45, 2.75) is 25.3 Å². The molecule has 4 rings (SSSR count). The van der Waals surface area contributed by atoms with E-state index in [-0.39, 0.29) is 22.1 Å². The van der Waals surface area contributed by atoms with Gasteiger partial charge in [0.25, 0.3) is 11.6 Å². The van der Waals surface area contributed by atoms with Gasteiger partial charge in [-0.2, -0.15) is 0 Å². The number of carbonyl (C=O) groups excluding carboxylic acids is 1. The molecule has 3 aliphatic carbocycles. The number of hydrogen-bond acceptors (Lipinski definition) is 3. The van der Waals surface area contributed by atoms with E-state index in [0.29, 0.717) is 17.4 Å². The number of hydrogen-bond donors (Lipinski definition) is 1. The Morgan fingerprint density at radius 1 is 1.29 bits per heavy atom. The highest BCUT2D eigenvalue weighted by atomic mass is 79.9. The Labute approximate surface area is 130 Å². The summed E-state index contributed by atoms with van der Waals surface area (Å²) in [5.41, 5.74) is 0.278. The van der Waals surface area contributed by atoms with Gasteiger partial charge in [0.15, 0.2) is 0 Å². The zero-order valence-electron chi connectivity index (χ0n) is 11.3. The van der Waals surface area contributed by atoms with Gasteiger partial charge in [-0.1, -0.05) is 6.07 Å². The highest BCUT2D eigenvalue weighted by Gasteiger charge is 2.65. The molecular formula is C15H15BrN2O3. The van der Waals surface area contributed by atoms with E-state index < -0.39 is 4.92 Å². The molecule has 0 aliphatic heterocycles. The smallest absolute Gasteiger partial charge is 0.284 e. The molecule has 3 saturated carbocycles. The molecule has 4 atom stereocenters. The minimum Gasteiger partial charge on any atom is -0.349 e. The molecule has 2 bridgehead atoms. The van der Waals surface area contributed by atoms with Crippen LogP contribution in [-0.4, -0.2) is 16.9 Å². The third-order valence-corrected chi connectivity index (χ3v) is 6.29. The Bertz CT molecular complexity index is 632. The zero-order valence-corrected chi connectivity index (χ0v) is 12.9. The SMILES string of the molecule is O=C(NC1C2C3CCC(C3)C12)c1cccc([N+](=O)[O-])c1Br. The van der Waals surface area contributed by atoms with E-state index in [1.165, 1.54) is 25.3 Å². The number of nitrogens with zero attached hydrogens (tertiary/aromatic N) is 1. The number of carbonyl (C=O) groups is 1. The van der Waals surface area contributed by atoms with Crippen molar-refractivity contribution in [2.75, 3.05) is 0 Å². The van der Waals surface area contributed by atoms with Crippen molar-refractivity contribution in [1.82, 2.24) is 5.32 Å². The summed E-state index contributed by atoms with van der Waals surface area (Å²) in [4.78, 5) is 22.8. The first kappa shape index (κ1) is 13.2. The Morgan fingerprint density at radius 3 is 2.57 bits per heavy atom. The first-order valence-electron chi connectivity index (χ1n) is 7.31. The molecule has 5 nitrogen and oxygen atoms in total. The van der Waals surface area contributed by atoms with Gasteiger partial charge in [-0.05, 0) is 64.9 Å². The molecule has 3 aliphatic rings. The van der Waals surface area contributed by atoms with E-state index in [0.717, 1.165) is 11.8 Å². The number of nitro benzene ring substituents is 1. The van der Waals surface area contributed by atoms with Crippen molar-refractivity contribution in [2.24, 2.45) is 23.7 Å². The Balaban J connectivity index is 1.52. The minimum absolute atomic E-state index is 0.0706. The van der Waals surface area contributed by atoms with Gasteiger partial charge in [0.1, 0.15) is 4.47 Å². The topological polar surface area (TPSA) is 72.2 Å². The van der Waals surface area contributed by atoms with Crippen LogP contribution >= 0.6 is 15.9 Å². The maximum Gasteiger partial charge on any atom is 0.284 e. The largest absolute Gasteiger partial charge is 0.349 e. The molecule has 1 amide bonds. The number of fused-ring (bicyclic) bond motifs is 5. The van der Waals surface area contributed by atoms with E-state index in [2.05, 4.69) is 21.2 Å². The van der Waals surface area contributed by atoms with Gasteiger partial charge in [-0.15, -0.1) is 0 Å². The van der Waals surface area contributed by atoms with Gasteiger partial charge in [0, 0.05) is 12.1 Å². The van der Waals surface area contributed by atoms with Crippen molar-refractivity contribution in [3.63, 3.8) is 0 Å². The van der Waals surface area contributed by atoms with Crippen LogP contribution in [0.2, 0.25) is 0 Å². The van der Waals surface area contributed by atoms with Gasteiger partial charge < -0.3 is 5.32 Å². The molecule has 0 radical (unpaired) electrons. The predicted octanol–water partition coefficient (Wildman–Crippen LogP) is 3.13. The van der Waals surface area contributed by atoms with E-state index in [4.69, 9.17) is 0 Å². The number of nitro groups is 1. The molecule has 0 spiro atoms. The summed E-state index contributed by atoms with van der Waals surface area (Å²) in [5, 5.41) is 14.0. The fourth-order valence-corrected chi connectivity index (χ4v) is 5.17. The lowest BCUT2D eigenvalue weighted by Crippen LogP contribution is -2.30. The van der Waals surface area contributed by atoms with Crippen molar-refractivity contribution in [3.05, 3.63) is 38.3 Å². The summed E-state index contributed by atoms with van der Waals surface area (Å²) in [6, 6.07) is 4.86. The molecule has 110 valence electrons. The Morgan fingerprint density at radius 2 is 1.95 bits per heavy atom. The van der Waals surface area contributed by atoms with Crippen LogP contribution in [0.3, 0.4) is 0 Å². The summed E-state index contributed by atoms with van der Waals surface area (Å²) < 4.78 is 0.265. The number of rotatable bonds is 3. The summed E-state index contributed by atoms with van der Waals surface area (Å²) in [5.74, 6) is 2.69. The summed E-state index contributed by atoms with van der Waals surface area (Å²) >= 11 is 3.19. The monoisotopic (exact) mass is 350 g/mol. The van der Waals surface area contributed by atoms with E-state index >= 15 is 0 Å². The molecule has 1 aromatic carbocycles. The predicted molar refractivity (Wildman–Crippen MR) is 79.9 cm³/mol. The van der Waals surface area contributed by atoms with Crippen molar-refractivity contribution in [1.29, 1.82) is 0 Å². The first-order chi connectivity index (χ1) is 10.1. The normalized spacial score (nSPS) is 35.4. The molecule has 6 heteroatoms. The van der Waals surface area contributed by atoms with E-state index in [9.17, 15) is 14.9 Å². The lowest BCUT2D eigenvalue weighted by Gasteiger charge is -2.11. The summed E-state index contributed by atoms with van der Waals surface area (Å²) in [7, 11) is 0. The average Bonchev–Trinajstić information content (AvgIpc) is 2.83. The van der Waals surface area contributed by atoms with Crippen LogP contribution in [-0.2, 0) is 0 Å². The number of benzene rings is 1. The standard InChI is InChI=1S/C15H15BrN2O3/c16-13-9(2-1-3-10(13)18(20)21)15(19)17-14-11-7-4-5-8(6-7)12(11)14/h1-3,7-8,11-12,14H,4-6H2,(H,17,19). The average molecular weight is 351 g/mol. The van der Waals surface area contributed by atoms with E-state index in [1.54, 1.807) is 12.1 Å². The summed E-state index contributed by atoms with van der Waals surface area (Å²) in [6.45, 7) is 0. The van der Waals surface area contributed by atoms with Crippen LogP contribution in [0.15, 0.2) is 22.7 Å². The number of halogens is 1. The molecule has 0 aromatic heterocycles. The maximum absolute atomic E-state index is 12.4. The Hall–Kier alpha value is -1.43. The zero-order chi connectivity index (χ0) is 14.7. The lowest BCUT2D eigenvalue weighted by atomic mass is 10.0. The van der Waals surface area contributed by atoms with Crippen LogP contribution < -0.4 is 5.32 Å². The molecule has 21 heavy (non-hydrogen) atoms. The maximum atomic E-state index is 12.4. The molecular weight excluding hydrogens is 336 g/mol. The fraction of sp³-hybridized carbons (Fsp3) is 0.533. The van der Waals surface area contributed by atoms with Crippen LogP contribution in [0, 0.1) is 33.8 Å². The van der Waals surface area contributed by atoms with Crippen molar-refractivity contribution >= 4 is 27.5 Å². The molecule has 1 N–H and O–H groups in total. The van der Waals surface area contributed by atoms with Crippen LogP contribution in [0.25, 0.3) is 0 Å². The molecule has 3 fully saturated rings. The molecule has 0 heterocycles. The lowest BCUT2D eigenvalue weighted by molar-refractivity contribution is -0.385. The van der Waals surface area contributed by atoms with Gasteiger partial charge in [-0.25, -0.2) is 0 Å². The third kappa shape index (κ3) is 1.92. The van der Waals surface area contributed by atoms with Gasteiger partial charge in [0.05, 0.1) is 10.5 Å². The second-order valence-electron chi connectivity index (χ2n) is 6.38. The van der Waals surface area contributed by atoms with Crippen molar-refractivity contribution in [3.8, 4) is 0 Å². The minimum atomic E-state index is -0.479. The quantitative estimate of drug-likeness (QED) is 0.672. The van der Waals surface area contributed by atoms with Gasteiger partial charge >= 0.3 is 0 Å². The van der Waals surface area contributed by atoms with E-state index in [1.807, 2.05) is 0 Å². The number of amides is 1. The molecule has 4 unspecified atom stereocenters. The van der Waals surface area contributed by atoms with Crippen LogP contribution in [0.5, 0.6) is 0 Å². The first-order valence-corrected chi connectivity index (χ1v) is 8.11. The second kappa shape index (κ2) is 4.53. The highest BCUT2D eigenvalue weighted by Crippen LogP contribution is 2.65. The van der Waals surface area contributed by atoms with Crippen LogP contribution in [0.4, 0.5) is 5.69 Å². The van der Waals surface area contributed by atoms with Gasteiger partial charge in [0.2, 0.25) is 0 Å². The van der Waals surface area contributed by atoms with Crippen LogP contribution in [0.1, 0.15) is 29.6 Å². The third-order valence-electron chi connectivity index (χ3n) is 5.45. The number of nitrogens with one attached hydrogen (secondary N) is 1. The molecule has 0 saturated heterocycles.